The zero-order chi connectivity index (χ0) is 13.5. The molecule has 0 saturated carbocycles. The van der Waals surface area contributed by atoms with Crippen molar-refractivity contribution >= 4 is 11.9 Å². The van der Waals surface area contributed by atoms with Crippen LogP contribution in [0.5, 0.6) is 0 Å². The van der Waals surface area contributed by atoms with E-state index in [1.807, 2.05) is 20.8 Å². The Hall–Kier alpha value is -1.06. The molecule has 0 aromatic rings. The third kappa shape index (κ3) is 2.17. The van der Waals surface area contributed by atoms with Crippen molar-refractivity contribution in [3.05, 3.63) is 0 Å². The molecule has 0 aromatic heterocycles. The van der Waals surface area contributed by atoms with Crippen LogP contribution < -0.4 is 0 Å². The molecule has 0 N–H and O–H groups in total. The van der Waals surface area contributed by atoms with Crippen LogP contribution in [0.2, 0.25) is 0 Å². The highest BCUT2D eigenvalue weighted by Crippen LogP contribution is 2.45. The van der Waals surface area contributed by atoms with E-state index in [0.717, 1.165) is 0 Å². The molecule has 1 unspecified atom stereocenters. The molecule has 1 rings (SSSR count). The Labute approximate surface area is 103 Å². The van der Waals surface area contributed by atoms with Crippen LogP contribution in [0.3, 0.4) is 0 Å². The lowest BCUT2D eigenvalue weighted by Gasteiger charge is -2.50. The summed E-state index contributed by atoms with van der Waals surface area (Å²) in [4.78, 5) is 23.1. The van der Waals surface area contributed by atoms with Gasteiger partial charge in [0, 0.05) is 0 Å². The Balaban J connectivity index is 2.59. The van der Waals surface area contributed by atoms with Gasteiger partial charge in [0.15, 0.2) is 5.60 Å². The van der Waals surface area contributed by atoms with Gasteiger partial charge >= 0.3 is 11.9 Å². The fourth-order valence-electron chi connectivity index (χ4n) is 1.38. The van der Waals surface area contributed by atoms with Crippen LogP contribution in [0, 0.1) is 10.8 Å². The van der Waals surface area contributed by atoms with E-state index in [2.05, 4.69) is 0 Å². The van der Waals surface area contributed by atoms with Gasteiger partial charge in [-0.1, -0.05) is 6.92 Å². The average Bonchev–Trinajstić information content (AvgIpc) is 2.25. The molecule has 17 heavy (non-hydrogen) atoms. The number of esters is 2. The summed E-state index contributed by atoms with van der Waals surface area (Å²) in [5, 5.41) is 0. The fourth-order valence-corrected chi connectivity index (χ4v) is 1.38. The number of carbonyl (C=O) groups excluding carboxylic acids is 2. The van der Waals surface area contributed by atoms with Crippen LogP contribution in [0.4, 0.5) is 0 Å². The quantitative estimate of drug-likeness (QED) is 0.710. The molecule has 1 aliphatic heterocycles. The Morgan fingerprint density at radius 3 is 2.24 bits per heavy atom. The van der Waals surface area contributed by atoms with Crippen molar-refractivity contribution in [1.29, 1.82) is 0 Å². The van der Waals surface area contributed by atoms with Crippen LogP contribution in [0.1, 0.15) is 48.0 Å². The predicted molar refractivity (Wildman–Crippen MR) is 63.3 cm³/mol. The van der Waals surface area contributed by atoms with Gasteiger partial charge in [0.05, 0.1) is 5.41 Å². The van der Waals surface area contributed by atoms with E-state index in [0.29, 0.717) is 6.42 Å². The van der Waals surface area contributed by atoms with Gasteiger partial charge in [-0.2, -0.15) is 0 Å². The average molecular weight is 242 g/mol. The molecule has 4 heteroatoms. The van der Waals surface area contributed by atoms with Gasteiger partial charge in [-0.25, -0.2) is 0 Å². The van der Waals surface area contributed by atoms with E-state index in [-0.39, 0.29) is 18.5 Å². The van der Waals surface area contributed by atoms with Gasteiger partial charge in [-0.3, -0.25) is 9.59 Å². The number of ether oxygens (including phenoxy) is 2. The third-order valence-corrected chi connectivity index (χ3v) is 4.07. The third-order valence-electron chi connectivity index (χ3n) is 4.07. The molecular weight excluding hydrogens is 220 g/mol. The lowest BCUT2D eigenvalue weighted by molar-refractivity contribution is -0.243. The second kappa shape index (κ2) is 4.00. The van der Waals surface area contributed by atoms with Crippen LogP contribution in [-0.2, 0) is 19.1 Å². The molecule has 0 spiro atoms. The number of carbonyl (C=O) groups is 2. The largest absolute Gasteiger partial charge is 0.461 e. The van der Waals surface area contributed by atoms with Crippen LogP contribution in [-0.4, -0.2) is 24.1 Å². The van der Waals surface area contributed by atoms with E-state index in [1.165, 1.54) is 0 Å². The van der Waals surface area contributed by atoms with E-state index in [9.17, 15) is 9.59 Å². The van der Waals surface area contributed by atoms with Gasteiger partial charge < -0.3 is 9.47 Å². The van der Waals surface area contributed by atoms with Gasteiger partial charge in [-0.15, -0.1) is 0 Å². The van der Waals surface area contributed by atoms with Gasteiger partial charge in [-0.05, 0) is 41.0 Å². The molecular formula is C13H22O4. The van der Waals surface area contributed by atoms with Crippen molar-refractivity contribution in [3.63, 3.8) is 0 Å². The number of hydrogen-bond donors (Lipinski definition) is 0. The summed E-state index contributed by atoms with van der Waals surface area (Å²) in [5.41, 5.74) is -1.79. The molecule has 1 saturated heterocycles. The zero-order valence-corrected chi connectivity index (χ0v) is 11.5. The van der Waals surface area contributed by atoms with Gasteiger partial charge in [0.1, 0.15) is 12.0 Å². The first kappa shape index (κ1) is 14.0. The molecule has 0 bridgehead atoms. The summed E-state index contributed by atoms with van der Waals surface area (Å²) < 4.78 is 10.4. The number of hydrogen-bond acceptors (Lipinski definition) is 4. The molecule has 0 aromatic carbocycles. The first-order valence-corrected chi connectivity index (χ1v) is 5.97. The molecule has 0 radical (unpaired) electrons. The lowest BCUT2D eigenvalue weighted by Crippen LogP contribution is -2.64. The van der Waals surface area contributed by atoms with Gasteiger partial charge in [0.25, 0.3) is 0 Å². The maximum Gasteiger partial charge on any atom is 0.316 e. The van der Waals surface area contributed by atoms with E-state index in [4.69, 9.17) is 9.47 Å². The summed E-state index contributed by atoms with van der Waals surface area (Å²) in [6, 6.07) is 0. The van der Waals surface area contributed by atoms with Crippen molar-refractivity contribution in [2.45, 2.75) is 53.6 Å². The maximum absolute atomic E-state index is 11.8. The number of rotatable bonds is 4. The maximum atomic E-state index is 11.8. The zero-order valence-electron chi connectivity index (χ0n) is 11.5. The molecule has 0 amide bonds. The van der Waals surface area contributed by atoms with Crippen LogP contribution in [0.15, 0.2) is 0 Å². The fraction of sp³-hybridized carbons (Fsp3) is 0.846. The molecule has 1 fully saturated rings. The molecule has 0 aliphatic carbocycles. The smallest absolute Gasteiger partial charge is 0.316 e. The minimum atomic E-state index is -0.705. The van der Waals surface area contributed by atoms with Crippen molar-refractivity contribution in [1.82, 2.24) is 0 Å². The second-order valence-corrected chi connectivity index (χ2v) is 6.06. The predicted octanol–water partition coefficient (Wildman–Crippen LogP) is 2.31. The van der Waals surface area contributed by atoms with Crippen molar-refractivity contribution in [2.75, 3.05) is 6.61 Å². The highest BCUT2D eigenvalue weighted by molar-refractivity contribution is 5.84. The normalized spacial score (nSPS) is 27.1. The van der Waals surface area contributed by atoms with Crippen LogP contribution >= 0.6 is 0 Å². The Bertz CT molecular complexity index is 343. The van der Waals surface area contributed by atoms with E-state index < -0.39 is 16.4 Å². The minimum Gasteiger partial charge on any atom is -0.461 e. The Morgan fingerprint density at radius 1 is 1.35 bits per heavy atom. The molecule has 4 nitrogen and oxygen atoms in total. The van der Waals surface area contributed by atoms with Crippen molar-refractivity contribution in [2.24, 2.45) is 10.8 Å². The highest BCUT2D eigenvalue weighted by Gasteiger charge is 2.61. The summed E-state index contributed by atoms with van der Waals surface area (Å²) in [5.74, 6) is -0.495. The first-order chi connectivity index (χ1) is 7.57. The summed E-state index contributed by atoms with van der Waals surface area (Å²) in [7, 11) is 0. The van der Waals surface area contributed by atoms with E-state index >= 15 is 0 Å². The molecule has 1 aliphatic rings. The molecule has 1 heterocycles. The highest BCUT2D eigenvalue weighted by atomic mass is 16.6. The monoisotopic (exact) mass is 242 g/mol. The van der Waals surface area contributed by atoms with E-state index in [1.54, 1.807) is 20.8 Å². The first-order valence-electron chi connectivity index (χ1n) is 5.97. The van der Waals surface area contributed by atoms with Crippen LogP contribution in [0.25, 0.3) is 0 Å². The lowest BCUT2D eigenvalue weighted by atomic mass is 9.71. The SMILES string of the molecule is CCC(C)(C)C(=O)OCC1(C)OC(=O)C1(C)C. The summed E-state index contributed by atoms with van der Waals surface area (Å²) in [6.45, 7) is 11.1. The second-order valence-electron chi connectivity index (χ2n) is 6.06. The van der Waals surface area contributed by atoms with Crippen molar-refractivity contribution in [3.8, 4) is 0 Å². The minimum absolute atomic E-state index is 0.119. The topological polar surface area (TPSA) is 52.6 Å². The Morgan fingerprint density at radius 2 is 1.88 bits per heavy atom. The summed E-state index contributed by atoms with van der Waals surface area (Å²) in [6.07, 6.45) is 0.714. The van der Waals surface area contributed by atoms with Gasteiger partial charge in [0.2, 0.25) is 0 Å². The summed E-state index contributed by atoms with van der Waals surface area (Å²) >= 11 is 0. The standard InChI is InChI=1S/C13H22O4/c1-7-11(2,3)9(14)16-8-13(6)12(4,5)10(15)17-13/h7-8H2,1-6H3. The number of cyclic esters (lactones) is 1. The van der Waals surface area contributed by atoms with Crippen molar-refractivity contribution < 1.29 is 19.1 Å². The molecule has 98 valence electrons. The Kier molecular flexibility index (Phi) is 3.29. The molecule has 1 atom stereocenters.